The van der Waals surface area contributed by atoms with Gasteiger partial charge >= 0.3 is 0 Å². The molecule has 20 heavy (non-hydrogen) atoms. The Bertz CT molecular complexity index is 456. The maximum absolute atomic E-state index is 12.8. The van der Waals surface area contributed by atoms with Gasteiger partial charge in [-0.15, -0.1) is 0 Å². The smallest absolute Gasteiger partial charge is 0.230 e. The SMILES string of the molecule is CNCCNC(=O)C1(c2cccc(Br)c2)CCCCC1. The fourth-order valence-electron chi connectivity index (χ4n) is 3.06. The van der Waals surface area contributed by atoms with E-state index >= 15 is 0 Å². The third-order valence-electron chi connectivity index (χ3n) is 4.18. The van der Waals surface area contributed by atoms with E-state index in [4.69, 9.17) is 0 Å². The van der Waals surface area contributed by atoms with Crippen LogP contribution in [-0.4, -0.2) is 26.0 Å². The summed E-state index contributed by atoms with van der Waals surface area (Å²) in [6.07, 6.45) is 5.40. The minimum Gasteiger partial charge on any atom is -0.354 e. The van der Waals surface area contributed by atoms with Gasteiger partial charge in [0.05, 0.1) is 5.41 Å². The summed E-state index contributed by atoms with van der Waals surface area (Å²) in [4.78, 5) is 12.8. The van der Waals surface area contributed by atoms with Gasteiger partial charge in [0.15, 0.2) is 0 Å². The Balaban J connectivity index is 2.23. The standard InChI is InChI=1S/C16H23BrN2O/c1-18-10-11-19-15(20)16(8-3-2-4-9-16)13-6-5-7-14(17)12-13/h5-7,12,18H,2-4,8-11H2,1H3,(H,19,20). The zero-order valence-electron chi connectivity index (χ0n) is 12.0. The van der Waals surface area contributed by atoms with E-state index in [0.717, 1.165) is 42.3 Å². The number of halogens is 1. The van der Waals surface area contributed by atoms with Crippen LogP contribution in [0, 0.1) is 0 Å². The molecule has 4 heteroatoms. The van der Waals surface area contributed by atoms with Crippen molar-refractivity contribution in [3.8, 4) is 0 Å². The van der Waals surface area contributed by atoms with Crippen molar-refractivity contribution < 1.29 is 4.79 Å². The van der Waals surface area contributed by atoms with Crippen LogP contribution in [0.1, 0.15) is 37.7 Å². The van der Waals surface area contributed by atoms with E-state index in [1.54, 1.807) is 0 Å². The molecule has 1 saturated carbocycles. The Morgan fingerprint density at radius 1 is 1.25 bits per heavy atom. The van der Waals surface area contributed by atoms with Crippen molar-refractivity contribution in [2.45, 2.75) is 37.5 Å². The average Bonchev–Trinajstić information content (AvgIpc) is 2.48. The Morgan fingerprint density at radius 3 is 2.65 bits per heavy atom. The van der Waals surface area contributed by atoms with Gasteiger partial charge in [0.1, 0.15) is 0 Å². The number of nitrogens with one attached hydrogen (secondary N) is 2. The number of carbonyl (C=O) groups is 1. The minimum atomic E-state index is -0.338. The maximum Gasteiger partial charge on any atom is 0.230 e. The molecule has 0 saturated heterocycles. The Hall–Kier alpha value is -0.870. The maximum atomic E-state index is 12.8. The lowest BCUT2D eigenvalue weighted by molar-refractivity contribution is -0.128. The molecule has 1 amide bonds. The number of likely N-dealkylation sites (N-methyl/N-ethyl adjacent to an activating group) is 1. The fourth-order valence-corrected chi connectivity index (χ4v) is 3.46. The molecule has 2 rings (SSSR count). The molecule has 110 valence electrons. The lowest BCUT2D eigenvalue weighted by Crippen LogP contribution is -2.47. The molecule has 3 nitrogen and oxygen atoms in total. The molecule has 0 atom stereocenters. The summed E-state index contributed by atoms with van der Waals surface area (Å²) < 4.78 is 1.04. The van der Waals surface area contributed by atoms with Gasteiger partial charge in [-0.1, -0.05) is 47.3 Å². The van der Waals surface area contributed by atoms with Gasteiger partial charge < -0.3 is 10.6 Å². The van der Waals surface area contributed by atoms with E-state index in [2.05, 4.69) is 38.7 Å². The Labute approximate surface area is 129 Å². The number of benzene rings is 1. The van der Waals surface area contributed by atoms with Gasteiger partial charge in [-0.3, -0.25) is 4.79 Å². The predicted octanol–water partition coefficient (Wildman–Crippen LogP) is 2.99. The summed E-state index contributed by atoms with van der Waals surface area (Å²) in [6, 6.07) is 8.23. The highest BCUT2D eigenvalue weighted by Gasteiger charge is 2.40. The van der Waals surface area contributed by atoms with E-state index in [-0.39, 0.29) is 11.3 Å². The number of hydrogen-bond acceptors (Lipinski definition) is 2. The number of carbonyl (C=O) groups excluding carboxylic acids is 1. The summed E-state index contributed by atoms with van der Waals surface area (Å²) in [7, 11) is 1.90. The molecule has 0 aromatic heterocycles. The molecule has 0 bridgehead atoms. The first-order chi connectivity index (χ1) is 9.69. The summed E-state index contributed by atoms with van der Waals surface area (Å²) >= 11 is 3.52. The molecule has 0 unspecified atom stereocenters. The van der Waals surface area contributed by atoms with Crippen LogP contribution in [-0.2, 0) is 10.2 Å². The van der Waals surface area contributed by atoms with E-state index in [1.807, 2.05) is 19.2 Å². The van der Waals surface area contributed by atoms with E-state index in [1.165, 1.54) is 6.42 Å². The monoisotopic (exact) mass is 338 g/mol. The second-order valence-corrected chi connectivity index (χ2v) is 6.43. The number of amides is 1. The van der Waals surface area contributed by atoms with Crippen LogP contribution in [0.3, 0.4) is 0 Å². The van der Waals surface area contributed by atoms with Crippen molar-refractivity contribution in [3.05, 3.63) is 34.3 Å². The normalized spacial score (nSPS) is 17.7. The second kappa shape index (κ2) is 7.23. The molecule has 1 aromatic rings. The highest BCUT2D eigenvalue weighted by molar-refractivity contribution is 9.10. The van der Waals surface area contributed by atoms with Crippen LogP contribution >= 0.6 is 15.9 Å². The third kappa shape index (κ3) is 3.41. The van der Waals surface area contributed by atoms with E-state index in [0.29, 0.717) is 6.54 Å². The van der Waals surface area contributed by atoms with Crippen molar-refractivity contribution in [3.63, 3.8) is 0 Å². The third-order valence-corrected chi connectivity index (χ3v) is 4.67. The summed E-state index contributed by atoms with van der Waals surface area (Å²) in [5.41, 5.74) is 0.809. The van der Waals surface area contributed by atoms with Crippen molar-refractivity contribution in [1.29, 1.82) is 0 Å². The topological polar surface area (TPSA) is 41.1 Å². The highest BCUT2D eigenvalue weighted by atomic mass is 79.9. The van der Waals surface area contributed by atoms with E-state index in [9.17, 15) is 4.79 Å². The van der Waals surface area contributed by atoms with Crippen LogP contribution in [0.25, 0.3) is 0 Å². The van der Waals surface area contributed by atoms with Crippen molar-refractivity contribution in [2.75, 3.05) is 20.1 Å². The number of hydrogen-bond donors (Lipinski definition) is 2. The molecule has 1 aromatic carbocycles. The summed E-state index contributed by atoms with van der Waals surface area (Å²) in [5, 5.41) is 6.16. The molecule has 1 aliphatic rings. The molecular formula is C16H23BrN2O. The highest BCUT2D eigenvalue weighted by Crippen LogP contribution is 2.40. The molecular weight excluding hydrogens is 316 g/mol. The van der Waals surface area contributed by atoms with Crippen LogP contribution in [0.2, 0.25) is 0 Å². The molecule has 0 aliphatic heterocycles. The van der Waals surface area contributed by atoms with Gasteiger partial charge in [-0.2, -0.15) is 0 Å². The van der Waals surface area contributed by atoms with Gasteiger partial charge in [-0.25, -0.2) is 0 Å². The van der Waals surface area contributed by atoms with Crippen LogP contribution in [0.5, 0.6) is 0 Å². The zero-order valence-corrected chi connectivity index (χ0v) is 13.6. The molecule has 1 fully saturated rings. The van der Waals surface area contributed by atoms with Crippen LogP contribution < -0.4 is 10.6 Å². The zero-order chi connectivity index (χ0) is 14.4. The van der Waals surface area contributed by atoms with Gasteiger partial charge in [0.2, 0.25) is 5.91 Å². The van der Waals surface area contributed by atoms with Gasteiger partial charge in [0, 0.05) is 17.6 Å². The van der Waals surface area contributed by atoms with Crippen molar-refractivity contribution in [1.82, 2.24) is 10.6 Å². The first-order valence-corrected chi connectivity index (χ1v) is 8.17. The molecule has 0 radical (unpaired) electrons. The van der Waals surface area contributed by atoms with Gasteiger partial charge in [-0.05, 0) is 37.6 Å². The van der Waals surface area contributed by atoms with Crippen LogP contribution in [0.4, 0.5) is 0 Å². The lowest BCUT2D eigenvalue weighted by atomic mass is 9.68. The summed E-state index contributed by atoms with van der Waals surface area (Å²) in [6.45, 7) is 1.49. The Morgan fingerprint density at radius 2 is 2.00 bits per heavy atom. The molecule has 2 N–H and O–H groups in total. The first-order valence-electron chi connectivity index (χ1n) is 7.38. The lowest BCUT2D eigenvalue weighted by Gasteiger charge is -2.36. The minimum absolute atomic E-state index is 0.186. The van der Waals surface area contributed by atoms with E-state index < -0.39 is 0 Å². The molecule has 1 aliphatic carbocycles. The Kier molecular flexibility index (Phi) is 5.61. The quantitative estimate of drug-likeness (QED) is 0.810. The number of rotatable bonds is 5. The molecule has 0 spiro atoms. The first kappa shape index (κ1) is 15.5. The summed E-state index contributed by atoms with van der Waals surface area (Å²) in [5.74, 6) is 0.186. The second-order valence-electron chi connectivity index (χ2n) is 5.51. The van der Waals surface area contributed by atoms with Crippen molar-refractivity contribution >= 4 is 21.8 Å². The molecule has 0 heterocycles. The van der Waals surface area contributed by atoms with Crippen LogP contribution in [0.15, 0.2) is 28.7 Å². The van der Waals surface area contributed by atoms with Crippen molar-refractivity contribution in [2.24, 2.45) is 0 Å². The largest absolute Gasteiger partial charge is 0.354 e. The van der Waals surface area contributed by atoms with Gasteiger partial charge in [0.25, 0.3) is 0 Å². The fraction of sp³-hybridized carbons (Fsp3) is 0.562. The predicted molar refractivity (Wildman–Crippen MR) is 85.8 cm³/mol. The average molecular weight is 339 g/mol.